The zero-order chi connectivity index (χ0) is 13.1. The lowest BCUT2D eigenvalue weighted by Gasteiger charge is -2.25. The summed E-state index contributed by atoms with van der Waals surface area (Å²) < 4.78 is 0. The number of benzene rings is 1. The highest BCUT2D eigenvalue weighted by molar-refractivity contribution is 7.99. The lowest BCUT2D eigenvalue weighted by Crippen LogP contribution is -2.37. The molecule has 18 heavy (non-hydrogen) atoms. The summed E-state index contributed by atoms with van der Waals surface area (Å²) in [6, 6.07) is 5.70. The maximum absolute atomic E-state index is 12.5. The van der Waals surface area contributed by atoms with Gasteiger partial charge in [-0.05, 0) is 30.4 Å². The second-order valence-corrected chi connectivity index (χ2v) is 5.96. The number of rotatable bonds is 3. The normalized spacial score (nSPS) is 18.7. The van der Waals surface area contributed by atoms with E-state index in [0.717, 1.165) is 23.6 Å². The Morgan fingerprint density at radius 2 is 2.33 bits per heavy atom. The fourth-order valence-corrected chi connectivity index (χ4v) is 3.53. The Kier molecular flexibility index (Phi) is 4.40. The first kappa shape index (κ1) is 13.6. The van der Waals surface area contributed by atoms with Crippen molar-refractivity contribution in [1.29, 1.82) is 0 Å². The van der Waals surface area contributed by atoms with E-state index in [4.69, 9.17) is 11.6 Å². The number of carbonyl (C=O) groups excluding carboxylic acids is 1. The van der Waals surface area contributed by atoms with Crippen LogP contribution in [0.4, 0.5) is 5.69 Å². The largest absolute Gasteiger partial charge is 0.387 e. The van der Waals surface area contributed by atoms with Gasteiger partial charge in [0, 0.05) is 36.6 Å². The molecule has 1 fully saturated rings. The molecular formula is C13H17ClN2OS. The molecule has 1 aliphatic rings. The van der Waals surface area contributed by atoms with Gasteiger partial charge in [0.05, 0.1) is 5.56 Å². The van der Waals surface area contributed by atoms with Gasteiger partial charge in [-0.3, -0.25) is 4.79 Å². The molecule has 0 aromatic heterocycles. The number of hydrogen-bond acceptors (Lipinski definition) is 3. The lowest BCUT2D eigenvalue weighted by atomic mass is 10.1. The SMILES string of the molecule is CNc1ccc(Cl)cc1C(=O)N(C)C1CCSC1. The molecule has 5 heteroatoms. The van der Waals surface area contributed by atoms with Gasteiger partial charge in [-0.15, -0.1) is 0 Å². The molecule has 3 nitrogen and oxygen atoms in total. The standard InChI is InChI=1S/C13H17ClN2OS/c1-15-12-4-3-9(14)7-11(12)13(17)16(2)10-5-6-18-8-10/h3-4,7,10,15H,5-6,8H2,1-2H3. The van der Waals surface area contributed by atoms with E-state index in [1.54, 1.807) is 12.1 Å². The van der Waals surface area contributed by atoms with E-state index >= 15 is 0 Å². The number of thioether (sulfide) groups is 1. The maximum Gasteiger partial charge on any atom is 0.256 e. The molecule has 1 aliphatic heterocycles. The zero-order valence-electron chi connectivity index (χ0n) is 10.6. The monoisotopic (exact) mass is 284 g/mol. The van der Waals surface area contributed by atoms with Crippen LogP contribution in [-0.4, -0.2) is 42.4 Å². The predicted octanol–water partition coefficient (Wildman–Crippen LogP) is 2.96. The maximum atomic E-state index is 12.5. The summed E-state index contributed by atoms with van der Waals surface area (Å²) in [6.45, 7) is 0. The summed E-state index contributed by atoms with van der Waals surface area (Å²) in [6.07, 6.45) is 1.07. The summed E-state index contributed by atoms with van der Waals surface area (Å²) in [7, 11) is 3.69. The van der Waals surface area contributed by atoms with E-state index in [0.29, 0.717) is 16.6 Å². The predicted molar refractivity (Wildman–Crippen MR) is 78.8 cm³/mol. The fraction of sp³-hybridized carbons (Fsp3) is 0.462. The molecule has 0 radical (unpaired) electrons. The number of halogens is 1. The average molecular weight is 285 g/mol. The second kappa shape index (κ2) is 5.85. The van der Waals surface area contributed by atoms with Gasteiger partial charge < -0.3 is 10.2 Å². The van der Waals surface area contributed by atoms with Crippen molar-refractivity contribution in [2.45, 2.75) is 12.5 Å². The summed E-state index contributed by atoms with van der Waals surface area (Å²) in [5.41, 5.74) is 1.46. The van der Waals surface area contributed by atoms with Crippen molar-refractivity contribution in [1.82, 2.24) is 4.90 Å². The summed E-state index contributed by atoms with van der Waals surface area (Å²) in [5.74, 6) is 2.20. The molecule has 2 rings (SSSR count). The van der Waals surface area contributed by atoms with E-state index in [9.17, 15) is 4.79 Å². The summed E-state index contributed by atoms with van der Waals surface area (Å²) >= 11 is 7.88. The first-order chi connectivity index (χ1) is 8.63. The third-order valence-electron chi connectivity index (χ3n) is 3.26. The highest BCUT2D eigenvalue weighted by Crippen LogP contribution is 2.26. The Bertz CT molecular complexity index is 447. The number of hydrogen-bond donors (Lipinski definition) is 1. The minimum absolute atomic E-state index is 0.0364. The molecule has 0 bridgehead atoms. The Balaban J connectivity index is 2.24. The smallest absolute Gasteiger partial charge is 0.256 e. The molecule has 1 amide bonds. The number of nitrogens with one attached hydrogen (secondary N) is 1. The minimum Gasteiger partial charge on any atom is -0.387 e. The van der Waals surface area contributed by atoms with Crippen LogP contribution >= 0.6 is 23.4 Å². The molecule has 1 heterocycles. The number of anilines is 1. The molecule has 1 unspecified atom stereocenters. The van der Waals surface area contributed by atoms with Gasteiger partial charge in [0.1, 0.15) is 0 Å². The van der Waals surface area contributed by atoms with E-state index in [1.807, 2.05) is 36.8 Å². The molecule has 1 saturated heterocycles. The van der Waals surface area contributed by atoms with Crippen LogP contribution in [-0.2, 0) is 0 Å². The average Bonchev–Trinajstić information content (AvgIpc) is 2.90. The van der Waals surface area contributed by atoms with Crippen LogP contribution in [0.15, 0.2) is 18.2 Å². The molecule has 0 saturated carbocycles. The first-order valence-electron chi connectivity index (χ1n) is 5.95. The number of nitrogens with zero attached hydrogens (tertiary/aromatic N) is 1. The molecule has 0 spiro atoms. The summed E-state index contributed by atoms with van der Waals surface area (Å²) in [4.78, 5) is 14.3. The minimum atomic E-state index is 0.0364. The number of amides is 1. The van der Waals surface area contributed by atoms with Crippen molar-refractivity contribution in [2.75, 3.05) is 30.9 Å². The van der Waals surface area contributed by atoms with Crippen LogP contribution < -0.4 is 5.32 Å². The van der Waals surface area contributed by atoms with Crippen molar-refractivity contribution in [3.05, 3.63) is 28.8 Å². The molecular weight excluding hydrogens is 268 g/mol. The van der Waals surface area contributed by atoms with Crippen LogP contribution in [0.25, 0.3) is 0 Å². The highest BCUT2D eigenvalue weighted by Gasteiger charge is 2.25. The third kappa shape index (κ3) is 2.75. The lowest BCUT2D eigenvalue weighted by molar-refractivity contribution is 0.0749. The third-order valence-corrected chi connectivity index (χ3v) is 4.64. The quantitative estimate of drug-likeness (QED) is 0.926. The van der Waals surface area contributed by atoms with Gasteiger partial charge in [0.2, 0.25) is 0 Å². The van der Waals surface area contributed by atoms with Crippen LogP contribution in [0.3, 0.4) is 0 Å². The van der Waals surface area contributed by atoms with E-state index in [1.165, 1.54) is 0 Å². The van der Waals surface area contributed by atoms with Gasteiger partial charge >= 0.3 is 0 Å². The Morgan fingerprint density at radius 1 is 1.56 bits per heavy atom. The molecule has 1 atom stereocenters. The van der Waals surface area contributed by atoms with Crippen LogP contribution in [0.2, 0.25) is 5.02 Å². The van der Waals surface area contributed by atoms with Gasteiger partial charge in [-0.25, -0.2) is 0 Å². The van der Waals surface area contributed by atoms with Crippen LogP contribution in [0.5, 0.6) is 0 Å². The van der Waals surface area contributed by atoms with Crippen molar-refractivity contribution >= 4 is 35.0 Å². The van der Waals surface area contributed by atoms with Crippen molar-refractivity contribution in [3.8, 4) is 0 Å². The Hall–Kier alpha value is -0.870. The van der Waals surface area contributed by atoms with E-state index < -0.39 is 0 Å². The van der Waals surface area contributed by atoms with Crippen LogP contribution in [0.1, 0.15) is 16.8 Å². The first-order valence-corrected chi connectivity index (χ1v) is 7.49. The molecule has 98 valence electrons. The highest BCUT2D eigenvalue weighted by atomic mass is 35.5. The fourth-order valence-electron chi connectivity index (χ4n) is 2.09. The van der Waals surface area contributed by atoms with Crippen LogP contribution in [0, 0.1) is 0 Å². The van der Waals surface area contributed by atoms with Gasteiger partial charge in [0.25, 0.3) is 5.91 Å². The van der Waals surface area contributed by atoms with Crippen molar-refractivity contribution in [3.63, 3.8) is 0 Å². The Labute approximate surface area is 117 Å². The molecule has 1 N–H and O–H groups in total. The van der Waals surface area contributed by atoms with Crippen molar-refractivity contribution in [2.24, 2.45) is 0 Å². The summed E-state index contributed by atoms with van der Waals surface area (Å²) in [5, 5.41) is 3.63. The second-order valence-electron chi connectivity index (χ2n) is 4.37. The number of carbonyl (C=O) groups is 1. The zero-order valence-corrected chi connectivity index (χ0v) is 12.1. The van der Waals surface area contributed by atoms with Gasteiger partial charge in [-0.2, -0.15) is 11.8 Å². The molecule has 1 aromatic rings. The van der Waals surface area contributed by atoms with Crippen molar-refractivity contribution < 1.29 is 4.79 Å². The van der Waals surface area contributed by atoms with Gasteiger partial charge in [0.15, 0.2) is 0 Å². The van der Waals surface area contributed by atoms with E-state index in [-0.39, 0.29) is 5.91 Å². The molecule has 0 aliphatic carbocycles. The van der Waals surface area contributed by atoms with Gasteiger partial charge in [-0.1, -0.05) is 11.6 Å². The Morgan fingerprint density at radius 3 is 2.94 bits per heavy atom. The topological polar surface area (TPSA) is 32.3 Å². The van der Waals surface area contributed by atoms with E-state index in [2.05, 4.69) is 5.32 Å². The molecule has 1 aromatic carbocycles.